The van der Waals surface area contributed by atoms with Crippen LogP contribution in [0.2, 0.25) is 5.02 Å². The Labute approximate surface area is 233 Å². The van der Waals surface area contributed by atoms with Crippen molar-refractivity contribution in [2.75, 3.05) is 25.4 Å². The normalized spacial score (nSPS) is 11.6. The minimum Gasteiger partial charge on any atom is -0.495 e. The highest BCUT2D eigenvalue weighted by molar-refractivity contribution is 9.10. The average Bonchev–Trinajstić information content (AvgIpc) is 2.88. The Hall–Kier alpha value is -3.17. The molecule has 0 aliphatic carbocycles. The molecule has 38 heavy (non-hydrogen) atoms. The number of halogens is 2. The van der Waals surface area contributed by atoms with Crippen LogP contribution in [0, 0.1) is 0 Å². The van der Waals surface area contributed by atoms with Crippen molar-refractivity contribution >= 4 is 65.1 Å². The van der Waals surface area contributed by atoms with E-state index < -0.39 is 38.4 Å². The Morgan fingerprint density at radius 3 is 2.18 bits per heavy atom. The van der Waals surface area contributed by atoms with Crippen LogP contribution in [0.3, 0.4) is 0 Å². The van der Waals surface area contributed by atoms with E-state index in [4.69, 9.17) is 16.3 Å². The standard InChI is InChI=1S/C23H22BrClN4O7S2/c1-29(38(34,35)19-10-6-17(25)7-11-19)14-22(30)26-27-23(31)15-3-12-20(36-2)21(13-15)37(32,33)28-18-8-4-16(24)5-9-18/h3-13,28H,14H2,1-2H3,(H,26,30)(H,27,31). The van der Waals surface area contributed by atoms with Gasteiger partial charge in [-0.05, 0) is 66.7 Å². The van der Waals surface area contributed by atoms with Crippen LogP contribution < -0.4 is 20.3 Å². The second-order valence-corrected chi connectivity index (χ2v) is 12.7. The van der Waals surface area contributed by atoms with Crippen LogP contribution in [0.4, 0.5) is 5.69 Å². The number of carbonyl (C=O) groups is 2. The van der Waals surface area contributed by atoms with E-state index in [1.54, 1.807) is 24.3 Å². The number of hydrazine groups is 1. The number of nitrogens with zero attached hydrogens (tertiary/aromatic N) is 1. The van der Waals surface area contributed by atoms with Crippen LogP contribution in [0.5, 0.6) is 5.75 Å². The first-order valence-corrected chi connectivity index (χ1v) is 14.7. The molecule has 0 radical (unpaired) electrons. The summed E-state index contributed by atoms with van der Waals surface area (Å²) in [6, 6.07) is 15.5. The molecule has 3 N–H and O–H groups in total. The Morgan fingerprint density at radius 2 is 1.58 bits per heavy atom. The summed E-state index contributed by atoms with van der Waals surface area (Å²) in [6.07, 6.45) is 0. The zero-order chi connectivity index (χ0) is 28.1. The van der Waals surface area contributed by atoms with Gasteiger partial charge in [0.15, 0.2) is 0 Å². The lowest BCUT2D eigenvalue weighted by molar-refractivity contribution is -0.121. The summed E-state index contributed by atoms with van der Waals surface area (Å²) in [5.41, 5.74) is 4.43. The first-order valence-electron chi connectivity index (χ1n) is 10.6. The van der Waals surface area contributed by atoms with E-state index in [-0.39, 0.29) is 26.8 Å². The number of benzene rings is 3. The molecular weight excluding hydrogens is 624 g/mol. The zero-order valence-electron chi connectivity index (χ0n) is 19.9. The molecule has 0 spiro atoms. The van der Waals surface area contributed by atoms with Gasteiger partial charge in [0.25, 0.3) is 21.8 Å². The van der Waals surface area contributed by atoms with E-state index in [2.05, 4.69) is 31.5 Å². The predicted molar refractivity (Wildman–Crippen MR) is 145 cm³/mol. The molecule has 0 aliphatic rings. The molecule has 0 saturated carbocycles. The van der Waals surface area contributed by atoms with Gasteiger partial charge in [0.05, 0.1) is 18.6 Å². The van der Waals surface area contributed by atoms with E-state index >= 15 is 0 Å². The van der Waals surface area contributed by atoms with Gasteiger partial charge in [-0.25, -0.2) is 16.8 Å². The number of sulfonamides is 2. The third-order valence-electron chi connectivity index (χ3n) is 5.02. The molecule has 3 rings (SSSR count). The second-order valence-electron chi connectivity index (χ2n) is 7.70. The summed E-state index contributed by atoms with van der Waals surface area (Å²) in [4.78, 5) is 24.5. The summed E-state index contributed by atoms with van der Waals surface area (Å²) in [5, 5.41) is 0.352. The SMILES string of the molecule is COc1ccc(C(=O)NNC(=O)CN(C)S(=O)(=O)c2ccc(Cl)cc2)cc1S(=O)(=O)Nc1ccc(Br)cc1. The number of ether oxygens (including phenoxy) is 1. The number of methoxy groups -OCH3 is 1. The Kier molecular flexibility index (Phi) is 9.38. The molecule has 0 bridgehead atoms. The fraction of sp³-hybridized carbons (Fsp3) is 0.130. The van der Waals surface area contributed by atoms with Gasteiger partial charge in [-0.2, -0.15) is 4.31 Å². The number of anilines is 1. The van der Waals surface area contributed by atoms with Crippen molar-refractivity contribution in [1.82, 2.24) is 15.2 Å². The minimum atomic E-state index is -4.16. The van der Waals surface area contributed by atoms with Crippen molar-refractivity contribution in [2.24, 2.45) is 0 Å². The molecule has 11 nitrogen and oxygen atoms in total. The molecule has 3 aromatic rings. The Balaban J connectivity index is 1.69. The zero-order valence-corrected chi connectivity index (χ0v) is 23.9. The van der Waals surface area contributed by atoms with Gasteiger partial charge >= 0.3 is 0 Å². The van der Waals surface area contributed by atoms with Crippen LogP contribution in [-0.2, 0) is 24.8 Å². The average molecular weight is 646 g/mol. The van der Waals surface area contributed by atoms with Crippen LogP contribution in [-0.4, -0.2) is 53.7 Å². The van der Waals surface area contributed by atoms with Crippen molar-refractivity contribution in [1.29, 1.82) is 0 Å². The number of carbonyl (C=O) groups excluding carboxylic acids is 2. The molecule has 2 amide bonds. The van der Waals surface area contributed by atoms with E-state index in [0.717, 1.165) is 14.8 Å². The molecule has 0 saturated heterocycles. The Morgan fingerprint density at radius 1 is 0.947 bits per heavy atom. The molecule has 202 valence electrons. The summed E-state index contributed by atoms with van der Waals surface area (Å²) in [7, 11) is -5.67. The van der Waals surface area contributed by atoms with Crippen LogP contribution >= 0.6 is 27.5 Å². The lowest BCUT2D eigenvalue weighted by atomic mass is 10.2. The largest absolute Gasteiger partial charge is 0.495 e. The summed E-state index contributed by atoms with van der Waals surface area (Å²) < 4.78 is 60.3. The highest BCUT2D eigenvalue weighted by Crippen LogP contribution is 2.27. The molecule has 0 heterocycles. The summed E-state index contributed by atoms with van der Waals surface area (Å²) in [6.45, 7) is -0.607. The van der Waals surface area contributed by atoms with Gasteiger partial charge in [-0.1, -0.05) is 27.5 Å². The third kappa shape index (κ3) is 7.23. The van der Waals surface area contributed by atoms with Crippen LogP contribution in [0.1, 0.15) is 10.4 Å². The van der Waals surface area contributed by atoms with E-state index in [0.29, 0.717) is 5.02 Å². The third-order valence-corrected chi connectivity index (χ3v) is 9.02. The smallest absolute Gasteiger partial charge is 0.269 e. The fourth-order valence-electron chi connectivity index (χ4n) is 3.07. The highest BCUT2D eigenvalue weighted by atomic mass is 79.9. The van der Waals surface area contributed by atoms with Crippen molar-refractivity contribution in [3.63, 3.8) is 0 Å². The van der Waals surface area contributed by atoms with Gasteiger partial charge in [-0.3, -0.25) is 25.2 Å². The van der Waals surface area contributed by atoms with E-state index in [1.165, 1.54) is 50.6 Å². The topological polar surface area (TPSA) is 151 Å². The summed E-state index contributed by atoms with van der Waals surface area (Å²) >= 11 is 9.05. The number of amides is 2. The quantitative estimate of drug-likeness (QED) is 0.303. The monoisotopic (exact) mass is 644 g/mol. The molecule has 3 aromatic carbocycles. The Bertz CT molecular complexity index is 1550. The van der Waals surface area contributed by atoms with Crippen molar-refractivity contribution in [2.45, 2.75) is 9.79 Å². The number of likely N-dealkylation sites (N-methyl/N-ethyl adjacent to an activating group) is 1. The molecule has 15 heteroatoms. The van der Waals surface area contributed by atoms with Gasteiger partial charge in [-0.15, -0.1) is 0 Å². The number of hydrogen-bond donors (Lipinski definition) is 3. The van der Waals surface area contributed by atoms with Crippen LogP contribution in [0.25, 0.3) is 0 Å². The molecule has 0 atom stereocenters. The number of nitrogens with one attached hydrogen (secondary N) is 3. The fourth-order valence-corrected chi connectivity index (χ4v) is 5.84. The first kappa shape index (κ1) is 29.4. The number of rotatable bonds is 9. The van der Waals surface area contributed by atoms with Crippen molar-refractivity contribution in [3.05, 3.63) is 81.8 Å². The van der Waals surface area contributed by atoms with E-state index in [1.807, 2.05) is 0 Å². The lowest BCUT2D eigenvalue weighted by Crippen LogP contribution is -2.46. The van der Waals surface area contributed by atoms with Crippen LogP contribution in [0.15, 0.2) is 81.0 Å². The first-order chi connectivity index (χ1) is 17.8. The molecule has 0 aliphatic heterocycles. The highest BCUT2D eigenvalue weighted by Gasteiger charge is 2.24. The van der Waals surface area contributed by atoms with Gasteiger partial charge < -0.3 is 4.74 Å². The molecular formula is C23H22BrClN4O7S2. The van der Waals surface area contributed by atoms with E-state index in [9.17, 15) is 26.4 Å². The van der Waals surface area contributed by atoms with Gasteiger partial charge in [0, 0.05) is 27.8 Å². The summed E-state index contributed by atoms with van der Waals surface area (Å²) in [5.74, 6) is -1.69. The van der Waals surface area contributed by atoms with Gasteiger partial charge in [0.1, 0.15) is 10.6 Å². The minimum absolute atomic E-state index is 0.00997. The maximum Gasteiger partial charge on any atom is 0.269 e. The maximum absolute atomic E-state index is 13.0. The lowest BCUT2D eigenvalue weighted by Gasteiger charge is -2.17. The van der Waals surface area contributed by atoms with Crippen molar-refractivity contribution in [3.8, 4) is 5.75 Å². The predicted octanol–water partition coefficient (Wildman–Crippen LogP) is 2.99. The molecule has 0 aromatic heterocycles. The maximum atomic E-state index is 13.0. The second kappa shape index (κ2) is 12.1. The van der Waals surface area contributed by atoms with Gasteiger partial charge in [0.2, 0.25) is 10.0 Å². The molecule has 0 fully saturated rings. The van der Waals surface area contributed by atoms with Crippen molar-refractivity contribution < 1.29 is 31.2 Å². The number of hydrogen-bond acceptors (Lipinski definition) is 7. The molecule has 0 unspecified atom stereocenters.